The number of rotatable bonds is 2. The second-order valence-corrected chi connectivity index (χ2v) is 4.63. The molecule has 0 spiro atoms. The number of amides is 1. The highest BCUT2D eigenvalue weighted by molar-refractivity contribution is 6.34. The summed E-state index contributed by atoms with van der Waals surface area (Å²) in [6, 6.07) is 6.66. The number of nitrogens with one attached hydrogen (secondary N) is 1. The maximum absolute atomic E-state index is 12.3. The van der Waals surface area contributed by atoms with E-state index in [1.54, 1.807) is 35.2 Å². The lowest BCUT2D eigenvalue weighted by molar-refractivity contribution is 0.102. The number of carbonyl (C=O) groups is 1. The molecule has 1 N–H and O–H groups in total. The molecule has 0 saturated heterocycles. The van der Waals surface area contributed by atoms with Crippen LogP contribution in [0.1, 0.15) is 15.9 Å². The van der Waals surface area contributed by atoms with Crippen LogP contribution in [0, 0.1) is 11.3 Å². The molecule has 21 heavy (non-hydrogen) atoms. The summed E-state index contributed by atoms with van der Waals surface area (Å²) in [5.41, 5.74) is 1.75. The molecule has 6 nitrogen and oxygen atoms in total. The quantitative estimate of drug-likeness (QED) is 0.788. The molecule has 0 fully saturated rings. The molecule has 0 aliphatic heterocycles. The van der Waals surface area contributed by atoms with Gasteiger partial charge < -0.3 is 5.32 Å². The Kier molecular flexibility index (Phi) is 3.26. The van der Waals surface area contributed by atoms with Crippen LogP contribution in [0.2, 0.25) is 5.02 Å². The van der Waals surface area contributed by atoms with Crippen molar-refractivity contribution in [2.45, 2.75) is 0 Å². The molecule has 0 aliphatic carbocycles. The molecule has 2 aromatic heterocycles. The number of nitrogens with zero attached hydrogens (tertiary/aromatic N) is 4. The molecule has 102 valence electrons. The lowest BCUT2D eigenvalue weighted by Gasteiger charge is -2.06. The number of anilines is 1. The van der Waals surface area contributed by atoms with Crippen LogP contribution < -0.4 is 5.32 Å². The zero-order valence-electron chi connectivity index (χ0n) is 10.6. The SMILES string of the molecule is N#Cc1ccc(Cl)c(NC(=O)c2cnn3ccncc23)c1. The third-order valence-corrected chi connectivity index (χ3v) is 3.24. The summed E-state index contributed by atoms with van der Waals surface area (Å²) in [5, 5.41) is 16.0. The molecule has 3 aromatic rings. The Bertz CT molecular complexity index is 880. The number of fused-ring (bicyclic) bond motifs is 1. The zero-order chi connectivity index (χ0) is 14.8. The number of carbonyl (C=O) groups excluding carboxylic acids is 1. The fourth-order valence-electron chi connectivity index (χ4n) is 1.89. The summed E-state index contributed by atoms with van der Waals surface area (Å²) in [7, 11) is 0. The molecule has 0 bridgehead atoms. The monoisotopic (exact) mass is 297 g/mol. The van der Waals surface area contributed by atoms with Crippen molar-refractivity contribution in [3.63, 3.8) is 0 Å². The smallest absolute Gasteiger partial charge is 0.259 e. The van der Waals surface area contributed by atoms with E-state index in [-0.39, 0.29) is 5.91 Å². The Hall–Kier alpha value is -2.91. The lowest BCUT2D eigenvalue weighted by atomic mass is 10.2. The van der Waals surface area contributed by atoms with E-state index < -0.39 is 0 Å². The molecule has 0 aliphatic rings. The topological polar surface area (TPSA) is 83.1 Å². The zero-order valence-corrected chi connectivity index (χ0v) is 11.4. The van der Waals surface area contributed by atoms with Gasteiger partial charge in [0.15, 0.2) is 0 Å². The van der Waals surface area contributed by atoms with E-state index in [1.165, 1.54) is 12.3 Å². The van der Waals surface area contributed by atoms with Gasteiger partial charge in [-0.2, -0.15) is 10.4 Å². The number of hydrogen-bond acceptors (Lipinski definition) is 4. The van der Waals surface area contributed by atoms with E-state index >= 15 is 0 Å². The first-order valence-corrected chi connectivity index (χ1v) is 6.35. The fourth-order valence-corrected chi connectivity index (χ4v) is 2.05. The third kappa shape index (κ3) is 2.42. The van der Waals surface area contributed by atoms with E-state index in [2.05, 4.69) is 15.4 Å². The minimum Gasteiger partial charge on any atom is -0.320 e. The van der Waals surface area contributed by atoms with Crippen LogP contribution in [0.3, 0.4) is 0 Å². The standard InChI is InChI=1S/C14H8ClN5O/c15-11-2-1-9(6-16)5-12(11)19-14(21)10-7-18-20-4-3-17-8-13(10)20/h1-5,7-8H,(H,19,21). The number of halogens is 1. The first-order chi connectivity index (χ1) is 10.2. The van der Waals surface area contributed by atoms with Crippen LogP contribution in [-0.4, -0.2) is 20.5 Å². The van der Waals surface area contributed by atoms with Crippen LogP contribution in [0.5, 0.6) is 0 Å². The maximum Gasteiger partial charge on any atom is 0.259 e. The van der Waals surface area contributed by atoms with Crippen LogP contribution in [-0.2, 0) is 0 Å². The summed E-state index contributed by atoms with van der Waals surface area (Å²) < 4.78 is 1.55. The van der Waals surface area contributed by atoms with Crippen molar-refractivity contribution in [3.05, 3.63) is 59.1 Å². The highest BCUT2D eigenvalue weighted by atomic mass is 35.5. The molecular formula is C14H8ClN5O. The summed E-state index contributed by atoms with van der Waals surface area (Å²) >= 11 is 6.02. The van der Waals surface area contributed by atoms with E-state index in [1.807, 2.05) is 6.07 Å². The summed E-state index contributed by atoms with van der Waals surface area (Å²) in [5.74, 6) is -0.366. The van der Waals surface area contributed by atoms with E-state index in [0.717, 1.165) is 0 Å². The molecular weight excluding hydrogens is 290 g/mol. The van der Waals surface area contributed by atoms with Crippen molar-refractivity contribution in [1.29, 1.82) is 5.26 Å². The minimum atomic E-state index is -0.366. The Morgan fingerprint density at radius 1 is 1.38 bits per heavy atom. The second kappa shape index (κ2) is 5.23. The largest absolute Gasteiger partial charge is 0.320 e. The molecule has 1 aromatic carbocycles. The second-order valence-electron chi connectivity index (χ2n) is 4.22. The van der Waals surface area contributed by atoms with Gasteiger partial charge in [-0.3, -0.25) is 9.78 Å². The Balaban J connectivity index is 1.95. The van der Waals surface area contributed by atoms with Gasteiger partial charge in [0.25, 0.3) is 5.91 Å². The van der Waals surface area contributed by atoms with Crippen molar-refractivity contribution >= 4 is 28.7 Å². The van der Waals surface area contributed by atoms with Crippen LogP contribution >= 0.6 is 11.6 Å². The first-order valence-electron chi connectivity index (χ1n) is 5.97. The van der Waals surface area contributed by atoms with Gasteiger partial charge in [-0.25, -0.2) is 4.52 Å². The number of hydrogen-bond donors (Lipinski definition) is 1. The maximum atomic E-state index is 12.3. The van der Waals surface area contributed by atoms with E-state index in [9.17, 15) is 4.79 Å². The molecule has 0 radical (unpaired) electrons. The van der Waals surface area contributed by atoms with Gasteiger partial charge >= 0.3 is 0 Å². The predicted octanol–water partition coefficient (Wildman–Crippen LogP) is 2.51. The molecule has 1 amide bonds. The molecule has 0 saturated carbocycles. The van der Waals surface area contributed by atoms with Gasteiger partial charge in [-0.15, -0.1) is 0 Å². The van der Waals surface area contributed by atoms with Gasteiger partial charge in [0.05, 0.1) is 45.8 Å². The predicted molar refractivity (Wildman–Crippen MR) is 77.1 cm³/mol. The van der Waals surface area contributed by atoms with Crippen molar-refractivity contribution in [3.8, 4) is 6.07 Å². The molecule has 2 heterocycles. The third-order valence-electron chi connectivity index (χ3n) is 2.91. The minimum absolute atomic E-state index is 0.358. The van der Waals surface area contributed by atoms with Gasteiger partial charge in [0.2, 0.25) is 0 Å². The average molecular weight is 298 g/mol. The van der Waals surface area contributed by atoms with E-state index in [4.69, 9.17) is 16.9 Å². The Morgan fingerprint density at radius 2 is 2.24 bits per heavy atom. The van der Waals surface area contributed by atoms with Gasteiger partial charge in [-0.05, 0) is 18.2 Å². The molecule has 3 rings (SSSR count). The van der Waals surface area contributed by atoms with Crippen molar-refractivity contribution in [1.82, 2.24) is 14.6 Å². The van der Waals surface area contributed by atoms with E-state index in [0.29, 0.717) is 27.4 Å². The van der Waals surface area contributed by atoms with Crippen molar-refractivity contribution in [2.75, 3.05) is 5.32 Å². The van der Waals surface area contributed by atoms with Crippen molar-refractivity contribution < 1.29 is 4.79 Å². The van der Waals surface area contributed by atoms with Crippen molar-refractivity contribution in [2.24, 2.45) is 0 Å². The van der Waals surface area contributed by atoms with Crippen LogP contribution in [0.15, 0.2) is 43.0 Å². The normalized spacial score (nSPS) is 10.3. The lowest BCUT2D eigenvalue weighted by Crippen LogP contribution is -2.12. The average Bonchev–Trinajstić information content (AvgIpc) is 2.93. The highest BCUT2D eigenvalue weighted by Crippen LogP contribution is 2.23. The van der Waals surface area contributed by atoms with Gasteiger partial charge in [0, 0.05) is 12.4 Å². The number of nitriles is 1. The Labute approximate surface area is 124 Å². The highest BCUT2D eigenvalue weighted by Gasteiger charge is 2.14. The molecule has 7 heteroatoms. The molecule has 0 atom stereocenters. The van der Waals surface area contributed by atoms with Gasteiger partial charge in [-0.1, -0.05) is 11.6 Å². The molecule has 0 unspecified atom stereocenters. The van der Waals surface area contributed by atoms with Gasteiger partial charge in [0.1, 0.15) is 0 Å². The summed E-state index contributed by atoms with van der Waals surface area (Å²) in [6.07, 6.45) is 6.23. The summed E-state index contributed by atoms with van der Waals surface area (Å²) in [4.78, 5) is 16.3. The number of benzene rings is 1. The van der Waals surface area contributed by atoms with Crippen LogP contribution in [0.25, 0.3) is 5.52 Å². The summed E-state index contributed by atoms with van der Waals surface area (Å²) in [6.45, 7) is 0. The Morgan fingerprint density at radius 3 is 3.05 bits per heavy atom. The fraction of sp³-hybridized carbons (Fsp3) is 0. The number of aromatic nitrogens is 3. The first kappa shape index (κ1) is 13.1. The van der Waals surface area contributed by atoms with Crippen LogP contribution in [0.4, 0.5) is 5.69 Å².